The zero-order valence-electron chi connectivity index (χ0n) is 12.1. The van der Waals surface area contributed by atoms with Gasteiger partial charge < -0.3 is 0 Å². The Morgan fingerprint density at radius 2 is 1.77 bits per heavy atom. The first-order chi connectivity index (χ1) is 10.6. The van der Waals surface area contributed by atoms with Crippen LogP contribution in [0.2, 0.25) is 0 Å². The largest absolute Gasteiger partial charge is 0.269 e. The molecule has 4 nitrogen and oxygen atoms in total. The summed E-state index contributed by atoms with van der Waals surface area (Å²) in [5, 5.41) is 19.9. The molecule has 0 aliphatic heterocycles. The van der Waals surface area contributed by atoms with Gasteiger partial charge in [0.25, 0.3) is 5.69 Å². The summed E-state index contributed by atoms with van der Waals surface area (Å²) in [6, 6.07) is 17.9. The number of nitriles is 1. The summed E-state index contributed by atoms with van der Waals surface area (Å²) in [5.41, 5.74) is 3.13. The highest BCUT2D eigenvalue weighted by Gasteiger charge is 2.06. The fraction of sp³-hybridized carbons (Fsp3) is 0.0556. The highest BCUT2D eigenvalue weighted by atomic mass is 16.6. The van der Waals surface area contributed by atoms with Crippen LogP contribution in [0.15, 0.2) is 66.2 Å². The first kappa shape index (κ1) is 15.2. The molecule has 108 valence electrons. The number of non-ortho nitro benzene ring substituents is 1. The fourth-order valence-corrected chi connectivity index (χ4v) is 2.02. The summed E-state index contributed by atoms with van der Waals surface area (Å²) in [4.78, 5) is 10.2. The third-order valence-electron chi connectivity index (χ3n) is 3.08. The molecular formula is C18H14N2O2. The van der Waals surface area contributed by atoms with Gasteiger partial charge in [0.2, 0.25) is 0 Å². The van der Waals surface area contributed by atoms with Gasteiger partial charge in [-0.15, -0.1) is 0 Å². The van der Waals surface area contributed by atoms with Crippen molar-refractivity contribution in [3.05, 3.63) is 87.5 Å². The van der Waals surface area contributed by atoms with E-state index in [0.29, 0.717) is 11.1 Å². The SMILES string of the molecule is CC(=C/c1ccccc1)/C=C(/C#N)c1ccc([N+](=O)[O-])cc1. The Kier molecular flexibility index (Phi) is 4.84. The van der Waals surface area contributed by atoms with E-state index in [2.05, 4.69) is 6.07 Å². The molecule has 2 aromatic carbocycles. The van der Waals surface area contributed by atoms with Crippen molar-refractivity contribution in [1.29, 1.82) is 5.26 Å². The van der Waals surface area contributed by atoms with Crippen LogP contribution in [-0.2, 0) is 0 Å². The van der Waals surface area contributed by atoms with Crippen LogP contribution in [0.1, 0.15) is 18.1 Å². The molecule has 0 spiro atoms. The van der Waals surface area contributed by atoms with E-state index >= 15 is 0 Å². The maximum atomic E-state index is 10.6. The van der Waals surface area contributed by atoms with Gasteiger partial charge in [-0.05, 0) is 41.8 Å². The molecule has 0 saturated carbocycles. The Bertz CT molecular complexity index is 767. The molecule has 0 heterocycles. The van der Waals surface area contributed by atoms with Crippen LogP contribution in [0.3, 0.4) is 0 Å². The molecule has 22 heavy (non-hydrogen) atoms. The molecular weight excluding hydrogens is 276 g/mol. The van der Waals surface area contributed by atoms with Crippen LogP contribution in [0, 0.1) is 21.4 Å². The van der Waals surface area contributed by atoms with Crippen molar-refractivity contribution in [3.8, 4) is 6.07 Å². The predicted octanol–water partition coefficient (Wildman–Crippen LogP) is 4.61. The van der Waals surface area contributed by atoms with Gasteiger partial charge in [0.1, 0.15) is 0 Å². The Morgan fingerprint density at radius 1 is 1.14 bits per heavy atom. The van der Waals surface area contributed by atoms with Gasteiger partial charge in [-0.3, -0.25) is 10.1 Å². The summed E-state index contributed by atoms with van der Waals surface area (Å²) in [5.74, 6) is 0. The molecule has 0 aliphatic rings. The first-order valence-electron chi connectivity index (χ1n) is 6.70. The van der Waals surface area contributed by atoms with Crippen LogP contribution in [0.25, 0.3) is 11.6 Å². The Balaban J connectivity index is 2.29. The lowest BCUT2D eigenvalue weighted by Gasteiger charge is -2.00. The fourth-order valence-electron chi connectivity index (χ4n) is 2.02. The van der Waals surface area contributed by atoms with Crippen LogP contribution >= 0.6 is 0 Å². The minimum absolute atomic E-state index is 0.0117. The first-order valence-corrected chi connectivity index (χ1v) is 6.70. The van der Waals surface area contributed by atoms with Gasteiger partial charge >= 0.3 is 0 Å². The quantitative estimate of drug-likeness (QED) is 0.357. The third kappa shape index (κ3) is 3.90. The molecule has 0 aromatic heterocycles. The molecule has 0 unspecified atom stereocenters. The summed E-state index contributed by atoms with van der Waals surface area (Å²) in [6.07, 6.45) is 3.75. The molecule has 2 rings (SSSR count). The molecule has 0 radical (unpaired) electrons. The number of nitro benzene ring substituents is 1. The topological polar surface area (TPSA) is 66.9 Å². The van der Waals surface area contributed by atoms with E-state index in [1.165, 1.54) is 12.1 Å². The smallest absolute Gasteiger partial charge is 0.258 e. The lowest BCUT2D eigenvalue weighted by Crippen LogP contribution is -1.88. The van der Waals surface area contributed by atoms with Gasteiger partial charge in [0.15, 0.2) is 0 Å². The van der Waals surface area contributed by atoms with Crippen LogP contribution in [-0.4, -0.2) is 4.92 Å². The van der Waals surface area contributed by atoms with Crippen LogP contribution < -0.4 is 0 Å². The normalized spacial score (nSPS) is 11.8. The van der Waals surface area contributed by atoms with Crippen molar-refractivity contribution < 1.29 is 4.92 Å². The molecule has 0 atom stereocenters. The maximum absolute atomic E-state index is 10.6. The van der Waals surface area contributed by atoms with Crippen molar-refractivity contribution in [2.75, 3.05) is 0 Å². The minimum Gasteiger partial charge on any atom is -0.258 e. The third-order valence-corrected chi connectivity index (χ3v) is 3.08. The van der Waals surface area contributed by atoms with Crippen LogP contribution in [0.4, 0.5) is 5.69 Å². The number of hydrogen-bond donors (Lipinski definition) is 0. The van der Waals surface area contributed by atoms with E-state index in [4.69, 9.17) is 0 Å². The second-order valence-electron chi connectivity index (χ2n) is 4.77. The molecule has 0 bridgehead atoms. The van der Waals surface area contributed by atoms with E-state index in [0.717, 1.165) is 11.1 Å². The Hall–Kier alpha value is -3.19. The van der Waals surface area contributed by atoms with Crippen molar-refractivity contribution in [1.82, 2.24) is 0 Å². The number of allylic oxidation sites excluding steroid dienone is 3. The molecule has 0 aliphatic carbocycles. The van der Waals surface area contributed by atoms with E-state index < -0.39 is 4.92 Å². The van der Waals surface area contributed by atoms with Crippen molar-refractivity contribution in [3.63, 3.8) is 0 Å². The Morgan fingerprint density at radius 3 is 2.32 bits per heavy atom. The predicted molar refractivity (Wildman–Crippen MR) is 86.8 cm³/mol. The van der Waals surface area contributed by atoms with Gasteiger partial charge in [-0.25, -0.2) is 0 Å². The van der Waals surface area contributed by atoms with E-state index in [1.54, 1.807) is 18.2 Å². The average Bonchev–Trinajstić information content (AvgIpc) is 2.53. The second-order valence-corrected chi connectivity index (χ2v) is 4.77. The van der Waals surface area contributed by atoms with Crippen molar-refractivity contribution in [2.24, 2.45) is 0 Å². The number of nitro groups is 1. The molecule has 2 aromatic rings. The number of nitrogens with zero attached hydrogens (tertiary/aromatic N) is 2. The van der Waals surface area contributed by atoms with Gasteiger partial charge in [0, 0.05) is 12.1 Å². The summed E-state index contributed by atoms with van der Waals surface area (Å²) < 4.78 is 0. The van der Waals surface area contributed by atoms with Gasteiger partial charge in [0.05, 0.1) is 16.6 Å². The van der Waals surface area contributed by atoms with E-state index in [-0.39, 0.29) is 5.69 Å². The summed E-state index contributed by atoms with van der Waals surface area (Å²) in [6.45, 7) is 1.91. The zero-order valence-corrected chi connectivity index (χ0v) is 12.1. The van der Waals surface area contributed by atoms with E-state index in [1.807, 2.05) is 43.3 Å². The maximum Gasteiger partial charge on any atom is 0.269 e. The minimum atomic E-state index is -0.458. The standard InChI is InChI=1S/C18H14N2O2/c1-14(11-15-5-3-2-4-6-15)12-17(13-19)16-7-9-18(10-8-16)20(21)22/h2-12H,1H3/b14-11-,17-12-. The highest BCUT2D eigenvalue weighted by molar-refractivity contribution is 5.80. The Labute approximate surface area is 128 Å². The van der Waals surface area contributed by atoms with E-state index in [9.17, 15) is 15.4 Å². The molecule has 0 N–H and O–H groups in total. The highest BCUT2D eigenvalue weighted by Crippen LogP contribution is 2.20. The summed E-state index contributed by atoms with van der Waals surface area (Å²) >= 11 is 0. The van der Waals surface area contributed by atoms with Gasteiger partial charge in [-0.2, -0.15) is 5.26 Å². The van der Waals surface area contributed by atoms with Crippen molar-refractivity contribution >= 4 is 17.3 Å². The monoisotopic (exact) mass is 290 g/mol. The molecule has 0 amide bonds. The van der Waals surface area contributed by atoms with Gasteiger partial charge in [-0.1, -0.05) is 36.4 Å². The molecule has 0 fully saturated rings. The van der Waals surface area contributed by atoms with Crippen LogP contribution in [0.5, 0.6) is 0 Å². The molecule has 4 heteroatoms. The summed E-state index contributed by atoms with van der Waals surface area (Å²) in [7, 11) is 0. The number of hydrogen-bond acceptors (Lipinski definition) is 3. The number of benzene rings is 2. The lowest BCUT2D eigenvalue weighted by molar-refractivity contribution is -0.384. The number of rotatable bonds is 4. The second kappa shape index (κ2) is 7.00. The molecule has 0 saturated heterocycles. The van der Waals surface area contributed by atoms with Crippen molar-refractivity contribution in [2.45, 2.75) is 6.92 Å². The lowest BCUT2D eigenvalue weighted by atomic mass is 10.0. The zero-order chi connectivity index (χ0) is 15.9. The average molecular weight is 290 g/mol.